The molecule has 0 radical (unpaired) electrons. The molecule has 0 saturated carbocycles. The molecule has 0 aromatic heterocycles. The van der Waals surface area contributed by atoms with Gasteiger partial charge in [0.15, 0.2) is 0 Å². The fourth-order valence-electron chi connectivity index (χ4n) is 4.21. The molecule has 178 valence electrons. The van der Waals surface area contributed by atoms with Crippen LogP contribution in [-0.4, -0.2) is 39.4 Å². The average molecular weight is 478 g/mol. The van der Waals surface area contributed by atoms with Crippen LogP contribution in [0, 0.1) is 0 Å². The molecule has 3 aromatic carbocycles. The molecule has 1 N–H and O–H groups in total. The summed E-state index contributed by atoms with van der Waals surface area (Å²) in [6.45, 7) is 3.69. The Balaban J connectivity index is 1.35. The summed E-state index contributed by atoms with van der Waals surface area (Å²) in [5, 5.41) is 2.97. The maximum absolute atomic E-state index is 12.8. The highest BCUT2D eigenvalue weighted by molar-refractivity contribution is 7.92. The normalized spacial score (nSPS) is 14.5. The fraction of sp³-hybridized carbons (Fsp3) is 0.296. The molecule has 1 fully saturated rings. The van der Waals surface area contributed by atoms with Crippen LogP contribution in [0.4, 0.5) is 5.69 Å². The second kappa shape index (κ2) is 10.8. The third-order valence-electron chi connectivity index (χ3n) is 6.19. The van der Waals surface area contributed by atoms with Crippen molar-refractivity contribution in [1.29, 1.82) is 0 Å². The zero-order valence-corrected chi connectivity index (χ0v) is 20.3. The number of rotatable bonds is 8. The van der Waals surface area contributed by atoms with Crippen LogP contribution >= 0.6 is 0 Å². The van der Waals surface area contributed by atoms with Gasteiger partial charge in [0.2, 0.25) is 0 Å². The van der Waals surface area contributed by atoms with Crippen molar-refractivity contribution in [2.45, 2.75) is 37.2 Å². The average Bonchev–Trinajstić information content (AvgIpc) is 2.88. The van der Waals surface area contributed by atoms with E-state index >= 15 is 0 Å². The van der Waals surface area contributed by atoms with E-state index in [4.69, 9.17) is 0 Å². The van der Waals surface area contributed by atoms with Gasteiger partial charge in [0.25, 0.3) is 15.9 Å². The van der Waals surface area contributed by atoms with Gasteiger partial charge in [0, 0.05) is 25.7 Å². The molecule has 1 heterocycles. The molecule has 0 spiro atoms. The molecule has 0 unspecified atom stereocenters. The SMILES string of the molecule is CN(c1ccc(C(=O)NCc2cccc(CN3CCCCC3)c2)cc1)S(=O)(=O)c1ccccc1. The van der Waals surface area contributed by atoms with E-state index in [1.54, 1.807) is 54.6 Å². The molecule has 1 saturated heterocycles. The smallest absolute Gasteiger partial charge is 0.264 e. The van der Waals surface area contributed by atoms with Gasteiger partial charge in [-0.2, -0.15) is 0 Å². The highest BCUT2D eigenvalue weighted by Crippen LogP contribution is 2.22. The summed E-state index contributed by atoms with van der Waals surface area (Å²) in [4.78, 5) is 15.4. The lowest BCUT2D eigenvalue weighted by molar-refractivity contribution is 0.0951. The van der Waals surface area contributed by atoms with Crippen molar-refractivity contribution in [3.8, 4) is 0 Å². The third-order valence-corrected chi connectivity index (χ3v) is 7.99. The molecule has 7 heteroatoms. The van der Waals surface area contributed by atoms with Crippen LogP contribution in [0.2, 0.25) is 0 Å². The van der Waals surface area contributed by atoms with E-state index < -0.39 is 10.0 Å². The van der Waals surface area contributed by atoms with Crippen molar-refractivity contribution in [2.24, 2.45) is 0 Å². The van der Waals surface area contributed by atoms with Gasteiger partial charge >= 0.3 is 0 Å². The van der Waals surface area contributed by atoms with E-state index in [2.05, 4.69) is 22.3 Å². The number of nitrogens with one attached hydrogen (secondary N) is 1. The molecular formula is C27H31N3O3S. The van der Waals surface area contributed by atoms with Crippen molar-refractivity contribution < 1.29 is 13.2 Å². The van der Waals surface area contributed by atoms with Crippen LogP contribution in [0.15, 0.2) is 83.8 Å². The number of anilines is 1. The first-order chi connectivity index (χ1) is 16.4. The number of likely N-dealkylation sites (tertiary alicyclic amines) is 1. The summed E-state index contributed by atoms with van der Waals surface area (Å²) in [6.07, 6.45) is 3.85. The summed E-state index contributed by atoms with van der Waals surface area (Å²) in [5.74, 6) is -0.193. The molecule has 0 atom stereocenters. The number of hydrogen-bond acceptors (Lipinski definition) is 4. The molecular weight excluding hydrogens is 446 g/mol. The highest BCUT2D eigenvalue weighted by Gasteiger charge is 2.21. The maximum atomic E-state index is 12.8. The number of hydrogen-bond donors (Lipinski definition) is 1. The maximum Gasteiger partial charge on any atom is 0.264 e. The van der Waals surface area contributed by atoms with E-state index in [9.17, 15) is 13.2 Å². The Kier molecular flexibility index (Phi) is 7.65. The van der Waals surface area contributed by atoms with Crippen LogP contribution in [0.5, 0.6) is 0 Å². The summed E-state index contributed by atoms with van der Waals surface area (Å²) in [6, 6.07) is 23.2. The van der Waals surface area contributed by atoms with Crippen LogP contribution in [0.25, 0.3) is 0 Å². The van der Waals surface area contributed by atoms with Gasteiger partial charge in [-0.15, -0.1) is 0 Å². The lowest BCUT2D eigenvalue weighted by atomic mass is 10.1. The zero-order valence-electron chi connectivity index (χ0n) is 19.5. The van der Waals surface area contributed by atoms with E-state index in [0.29, 0.717) is 17.8 Å². The first-order valence-corrected chi connectivity index (χ1v) is 13.1. The Morgan fingerprint density at radius 3 is 2.26 bits per heavy atom. The molecule has 0 bridgehead atoms. The molecule has 1 aliphatic rings. The summed E-state index contributed by atoms with van der Waals surface area (Å²) < 4.78 is 26.8. The number of carbonyl (C=O) groups is 1. The quantitative estimate of drug-likeness (QED) is 0.521. The largest absolute Gasteiger partial charge is 0.348 e. The monoisotopic (exact) mass is 477 g/mol. The van der Waals surface area contributed by atoms with Crippen LogP contribution in [0.1, 0.15) is 40.7 Å². The van der Waals surface area contributed by atoms with Gasteiger partial charge in [-0.05, 0) is 73.5 Å². The number of piperidine rings is 1. The van der Waals surface area contributed by atoms with Crippen molar-refractivity contribution in [2.75, 3.05) is 24.4 Å². The summed E-state index contributed by atoms with van der Waals surface area (Å²) >= 11 is 0. The minimum Gasteiger partial charge on any atom is -0.348 e. The Bertz CT molecular complexity index is 1210. The fourth-order valence-corrected chi connectivity index (χ4v) is 5.43. The van der Waals surface area contributed by atoms with Crippen LogP contribution in [0.3, 0.4) is 0 Å². The van der Waals surface area contributed by atoms with Crippen molar-refractivity contribution in [3.63, 3.8) is 0 Å². The first-order valence-electron chi connectivity index (χ1n) is 11.7. The molecule has 34 heavy (non-hydrogen) atoms. The minimum absolute atomic E-state index is 0.193. The van der Waals surface area contributed by atoms with E-state index in [0.717, 1.165) is 25.2 Å². The van der Waals surface area contributed by atoms with Gasteiger partial charge in [0.1, 0.15) is 0 Å². The van der Waals surface area contributed by atoms with Gasteiger partial charge in [-0.25, -0.2) is 8.42 Å². The van der Waals surface area contributed by atoms with E-state index in [1.807, 2.05) is 12.1 Å². The van der Waals surface area contributed by atoms with Gasteiger partial charge in [-0.3, -0.25) is 14.0 Å². The zero-order chi connectivity index (χ0) is 24.0. The highest BCUT2D eigenvalue weighted by atomic mass is 32.2. The number of nitrogens with zero attached hydrogens (tertiary/aromatic N) is 2. The Labute approximate surface area is 202 Å². The molecule has 4 rings (SSSR count). The van der Waals surface area contributed by atoms with Gasteiger partial charge in [-0.1, -0.05) is 48.9 Å². The van der Waals surface area contributed by atoms with Gasteiger partial charge < -0.3 is 5.32 Å². The second-order valence-electron chi connectivity index (χ2n) is 8.67. The Hall–Kier alpha value is -3.16. The standard InChI is InChI=1S/C27H31N3O3S/c1-29(34(32,33)26-11-4-2-5-12-26)25-15-13-24(14-16-25)27(31)28-20-22-9-8-10-23(19-22)21-30-17-6-3-7-18-30/h2,4-5,8-16,19H,3,6-7,17-18,20-21H2,1H3,(H,28,31). The van der Waals surface area contributed by atoms with E-state index in [1.165, 1.54) is 36.2 Å². The molecule has 3 aromatic rings. The predicted molar refractivity (Wildman–Crippen MR) is 135 cm³/mol. The Morgan fingerprint density at radius 1 is 0.882 bits per heavy atom. The van der Waals surface area contributed by atoms with Crippen LogP contribution < -0.4 is 9.62 Å². The number of benzene rings is 3. The molecule has 1 amide bonds. The topological polar surface area (TPSA) is 69.7 Å². The lowest BCUT2D eigenvalue weighted by Crippen LogP contribution is -2.29. The van der Waals surface area contributed by atoms with Crippen LogP contribution in [-0.2, 0) is 23.1 Å². The number of carbonyl (C=O) groups excluding carboxylic acids is 1. The third kappa shape index (κ3) is 5.85. The molecule has 0 aliphatic carbocycles. The minimum atomic E-state index is -3.66. The van der Waals surface area contributed by atoms with Crippen molar-refractivity contribution in [1.82, 2.24) is 10.2 Å². The molecule has 1 aliphatic heterocycles. The molecule has 6 nitrogen and oxygen atoms in total. The predicted octanol–water partition coefficient (Wildman–Crippen LogP) is 4.43. The number of amides is 1. The van der Waals surface area contributed by atoms with Gasteiger partial charge in [0.05, 0.1) is 10.6 Å². The summed E-state index contributed by atoms with van der Waals surface area (Å²) in [5.41, 5.74) is 3.30. The van der Waals surface area contributed by atoms with Crippen molar-refractivity contribution >= 4 is 21.6 Å². The lowest BCUT2D eigenvalue weighted by Gasteiger charge is -2.26. The summed E-state index contributed by atoms with van der Waals surface area (Å²) in [7, 11) is -2.15. The number of sulfonamides is 1. The Morgan fingerprint density at radius 2 is 1.56 bits per heavy atom. The van der Waals surface area contributed by atoms with E-state index in [-0.39, 0.29) is 10.8 Å². The second-order valence-corrected chi connectivity index (χ2v) is 10.6. The first kappa shape index (κ1) is 24.0. The van der Waals surface area contributed by atoms with Crippen molar-refractivity contribution in [3.05, 3.63) is 95.6 Å².